The number of ether oxygens (including phenoxy) is 1. The Kier molecular flexibility index (Phi) is 4.50. The standard InChI is InChI=1S/C15H14F3NO2/c1-10-8-12(2-3-13(10)9-20-19)11-4-6-14(7-5-11)21-15(16,17)18/h2-8H,9,19H2,1H3. The molecule has 0 atom stereocenters. The fourth-order valence-corrected chi connectivity index (χ4v) is 1.98. The molecule has 2 rings (SSSR count). The molecule has 0 spiro atoms. The summed E-state index contributed by atoms with van der Waals surface area (Å²) in [4.78, 5) is 4.59. The van der Waals surface area contributed by atoms with Crippen molar-refractivity contribution < 1.29 is 22.7 Å². The number of aryl methyl sites for hydroxylation is 1. The zero-order chi connectivity index (χ0) is 15.5. The molecule has 0 fully saturated rings. The first kappa shape index (κ1) is 15.3. The van der Waals surface area contributed by atoms with Crippen LogP contribution in [0.25, 0.3) is 11.1 Å². The van der Waals surface area contributed by atoms with Gasteiger partial charge in [-0.05, 0) is 41.3 Å². The van der Waals surface area contributed by atoms with Crippen LogP contribution in [0.5, 0.6) is 5.75 Å². The van der Waals surface area contributed by atoms with Crippen LogP contribution in [-0.4, -0.2) is 6.36 Å². The first-order chi connectivity index (χ1) is 9.89. The molecule has 0 unspecified atom stereocenters. The van der Waals surface area contributed by atoms with Gasteiger partial charge in [-0.25, -0.2) is 5.90 Å². The quantitative estimate of drug-likeness (QED) is 0.869. The van der Waals surface area contributed by atoms with Crippen molar-refractivity contribution in [1.82, 2.24) is 0 Å². The van der Waals surface area contributed by atoms with Crippen molar-refractivity contribution in [2.75, 3.05) is 0 Å². The van der Waals surface area contributed by atoms with E-state index in [2.05, 4.69) is 9.57 Å². The zero-order valence-electron chi connectivity index (χ0n) is 11.3. The van der Waals surface area contributed by atoms with Crippen LogP contribution in [-0.2, 0) is 11.4 Å². The first-order valence-electron chi connectivity index (χ1n) is 6.16. The number of hydrogen-bond acceptors (Lipinski definition) is 3. The maximum atomic E-state index is 12.1. The maximum Gasteiger partial charge on any atom is 0.573 e. The van der Waals surface area contributed by atoms with Gasteiger partial charge in [0.25, 0.3) is 0 Å². The van der Waals surface area contributed by atoms with E-state index < -0.39 is 6.36 Å². The molecule has 6 heteroatoms. The van der Waals surface area contributed by atoms with Crippen LogP contribution in [0.1, 0.15) is 11.1 Å². The molecule has 0 amide bonds. The molecule has 2 aromatic carbocycles. The van der Waals surface area contributed by atoms with Gasteiger partial charge < -0.3 is 4.74 Å². The molecular weight excluding hydrogens is 283 g/mol. The van der Waals surface area contributed by atoms with Gasteiger partial charge in [-0.1, -0.05) is 30.3 Å². The Balaban J connectivity index is 2.21. The molecule has 0 saturated carbocycles. The second-order valence-electron chi connectivity index (χ2n) is 4.52. The van der Waals surface area contributed by atoms with Gasteiger partial charge in [-0.15, -0.1) is 13.2 Å². The minimum absolute atomic E-state index is 0.240. The van der Waals surface area contributed by atoms with Crippen molar-refractivity contribution in [3.05, 3.63) is 53.6 Å². The minimum atomic E-state index is -4.68. The highest BCUT2D eigenvalue weighted by Gasteiger charge is 2.30. The number of halogens is 3. The molecule has 0 radical (unpaired) electrons. The molecule has 0 aliphatic rings. The van der Waals surface area contributed by atoms with Gasteiger partial charge in [0.1, 0.15) is 5.75 Å². The van der Waals surface area contributed by atoms with Crippen molar-refractivity contribution >= 4 is 0 Å². The first-order valence-corrected chi connectivity index (χ1v) is 6.16. The van der Waals surface area contributed by atoms with Crippen LogP contribution in [0, 0.1) is 6.92 Å². The molecule has 0 bridgehead atoms. The Labute approximate surface area is 120 Å². The van der Waals surface area contributed by atoms with E-state index in [9.17, 15) is 13.2 Å². The van der Waals surface area contributed by atoms with Crippen LogP contribution >= 0.6 is 0 Å². The molecule has 0 aromatic heterocycles. The predicted octanol–water partition coefficient (Wildman–Crippen LogP) is 3.95. The smallest absolute Gasteiger partial charge is 0.406 e. The minimum Gasteiger partial charge on any atom is -0.406 e. The Hall–Kier alpha value is -2.05. The summed E-state index contributed by atoms with van der Waals surface area (Å²) in [5.74, 6) is 4.80. The maximum absolute atomic E-state index is 12.1. The van der Waals surface area contributed by atoms with Crippen molar-refractivity contribution in [2.45, 2.75) is 19.9 Å². The van der Waals surface area contributed by atoms with Gasteiger partial charge >= 0.3 is 6.36 Å². The van der Waals surface area contributed by atoms with E-state index in [1.165, 1.54) is 12.1 Å². The van der Waals surface area contributed by atoms with Crippen molar-refractivity contribution in [3.8, 4) is 16.9 Å². The fraction of sp³-hybridized carbons (Fsp3) is 0.200. The molecule has 0 aliphatic carbocycles. The molecular formula is C15H14F3NO2. The van der Waals surface area contributed by atoms with Crippen LogP contribution in [0.4, 0.5) is 13.2 Å². The summed E-state index contributed by atoms with van der Waals surface area (Å²) in [6.07, 6.45) is -4.68. The Morgan fingerprint density at radius 3 is 2.14 bits per heavy atom. The average Bonchev–Trinajstić information content (AvgIpc) is 2.40. The Bertz CT molecular complexity index is 609. The lowest BCUT2D eigenvalue weighted by Gasteiger charge is -2.10. The second kappa shape index (κ2) is 6.15. The summed E-state index contributed by atoms with van der Waals surface area (Å²) >= 11 is 0. The third-order valence-electron chi connectivity index (χ3n) is 3.00. The van der Waals surface area contributed by atoms with Crippen LogP contribution in [0.2, 0.25) is 0 Å². The van der Waals surface area contributed by atoms with E-state index in [0.717, 1.165) is 22.3 Å². The van der Waals surface area contributed by atoms with E-state index in [4.69, 9.17) is 5.90 Å². The third kappa shape index (κ3) is 4.21. The molecule has 21 heavy (non-hydrogen) atoms. The van der Waals surface area contributed by atoms with Crippen LogP contribution in [0.15, 0.2) is 42.5 Å². The number of hydrogen-bond donors (Lipinski definition) is 1. The SMILES string of the molecule is Cc1cc(-c2ccc(OC(F)(F)F)cc2)ccc1CON. The fourth-order valence-electron chi connectivity index (χ4n) is 1.98. The number of benzene rings is 2. The zero-order valence-corrected chi connectivity index (χ0v) is 11.3. The molecule has 0 heterocycles. The Morgan fingerprint density at radius 2 is 1.62 bits per heavy atom. The molecule has 112 valence electrons. The van der Waals surface area contributed by atoms with Crippen molar-refractivity contribution in [3.63, 3.8) is 0 Å². The average molecular weight is 297 g/mol. The predicted molar refractivity (Wildman–Crippen MR) is 72.3 cm³/mol. The van der Waals surface area contributed by atoms with E-state index in [-0.39, 0.29) is 5.75 Å². The van der Waals surface area contributed by atoms with Gasteiger partial charge in [0.05, 0.1) is 6.61 Å². The van der Waals surface area contributed by atoms with Gasteiger partial charge in [0.2, 0.25) is 0 Å². The lowest BCUT2D eigenvalue weighted by Crippen LogP contribution is -2.16. The lowest BCUT2D eigenvalue weighted by atomic mass is 10.0. The van der Waals surface area contributed by atoms with E-state index in [0.29, 0.717) is 6.61 Å². The van der Waals surface area contributed by atoms with Gasteiger partial charge in [0, 0.05) is 0 Å². The van der Waals surface area contributed by atoms with Crippen LogP contribution < -0.4 is 10.6 Å². The highest BCUT2D eigenvalue weighted by Crippen LogP contribution is 2.27. The highest BCUT2D eigenvalue weighted by atomic mass is 19.4. The molecule has 2 N–H and O–H groups in total. The monoisotopic (exact) mass is 297 g/mol. The van der Waals surface area contributed by atoms with E-state index in [1.807, 2.05) is 25.1 Å². The summed E-state index contributed by atoms with van der Waals surface area (Å²) < 4.78 is 40.1. The molecule has 0 aliphatic heterocycles. The van der Waals surface area contributed by atoms with Gasteiger partial charge in [-0.2, -0.15) is 0 Å². The molecule has 0 saturated heterocycles. The topological polar surface area (TPSA) is 44.5 Å². The lowest BCUT2D eigenvalue weighted by molar-refractivity contribution is -0.274. The normalized spacial score (nSPS) is 11.5. The molecule has 2 aromatic rings. The van der Waals surface area contributed by atoms with Crippen molar-refractivity contribution in [1.29, 1.82) is 0 Å². The summed E-state index contributed by atoms with van der Waals surface area (Å²) in [6.45, 7) is 2.23. The second-order valence-corrected chi connectivity index (χ2v) is 4.52. The van der Waals surface area contributed by atoms with E-state index >= 15 is 0 Å². The molecule has 3 nitrogen and oxygen atoms in total. The van der Waals surface area contributed by atoms with Crippen LogP contribution in [0.3, 0.4) is 0 Å². The number of nitrogens with two attached hydrogens (primary N) is 1. The van der Waals surface area contributed by atoms with Crippen molar-refractivity contribution in [2.24, 2.45) is 5.90 Å². The summed E-state index contributed by atoms with van der Waals surface area (Å²) in [6, 6.07) is 11.4. The largest absolute Gasteiger partial charge is 0.573 e. The summed E-state index contributed by atoms with van der Waals surface area (Å²) in [5.41, 5.74) is 3.64. The Morgan fingerprint density at radius 1 is 1.00 bits per heavy atom. The summed E-state index contributed by atoms with van der Waals surface area (Å²) in [7, 11) is 0. The van der Waals surface area contributed by atoms with Gasteiger partial charge in [-0.3, -0.25) is 4.84 Å². The number of alkyl halides is 3. The van der Waals surface area contributed by atoms with E-state index in [1.54, 1.807) is 12.1 Å². The van der Waals surface area contributed by atoms with Gasteiger partial charge in [0.15, 0.2) is 0 Å². The number of rotatable bonds is 4. The highest BCUT2D eigenvalue weighted by molar-refractivity contribution is 5.65. The summed E-state index contributed by atoms with van der Waals surface area (Å²) in [5, 5.41) is 0. The third-order valence-corrected chi connectivity index (χ3v) is 3.00.